The van der Waals surface area contributed by atoms with E-state index < -0.39 is 11.9 Å². The molecule has 7 heteroatoms. The first-order valence-electron chi connectivity index (χ1n) is 6.13. The first kappa shape index (κ1) is 14.6. The van der Waals surface area contributed by atoms with Crippen LogP contribution in [-0.4, -0.2) is 42.2 Å². The van der Waals surface area contributed by atoms with E-state index in [9.17, 15) is 9.59 Å². The van der Waals surface area contributed by atoms with Crippen LogP contribution < -0.4 is 10.1 Å². The highest BCUT2D eigenvalue weighted by Crippen LogP contribution is 2.28. The summed E-state index contributed by atoms with van der Waals surface area (Å²) in [5.41, 5.74) is 0.620. The van der Waals surface area contributed by atoms with Gasteiger partial charge in [-0.2, -0.15) is 0 Å². The van der Waals surface area contributed by atoms with Gasteiger partial charge in [0.05, 0.1) is 18.7 Å². The molecule has 1 atom stereocenters. The molecule has 2 N–H and O–H groups in total. The maximum Gasteiger partial charge on any atom is 0.321 e. The monoisotopic (exact) mass is 342 g/mol. The third-order valence-corrected chi connectivity index (χ3v) is 3.90. The number of amides is 2. The molecule has 1 aromatic carbocycles. The molecule has 6 nitrogen and oxygen atoms in total. The van der Waals surface area contributed by atoms with Crippen LogP contribution in [-0.2, 0) is 4.79 Å². The quantitative estimate of drug-likeness (QED) is 0.883. The Morgan fingerprint density at radius 3 is 2.80 bits per heavy atom. The normalized spacial score (nSPS) is 17.9. The molecule has 1 fully saturated rings. The smallest absolute Gasteiger partial charge is 0.321 e. The van der Waals surface area contributed by atoms with E-state index in [2.05, 4.69) is 21.2 Å². The number of carboxylic acid groups (broad SMARTS) is 1. The minimum absolute atomic E-state index is 0.245. The largest absolute Gasteiger partial charge is 0.497 e. The number of hydrogen-bond acceptors (Lipinski definition) is 3. The number of nitrogens with zero attached hydrogens (tertiary/aromatic N) is 1. The number of likely N-dealkylation sites (tertiary alicyclic amines) is 1. The van der Waals surface area contributed by atoms with Crippen molar-refractivity contribution in [3.8, 4) is 5.75 Å². The van der Waals surface area contributed by atoms with Crippen LogP contribution in [0.3, 0.4) is 0 Å². The van der Waals surface area contributed by atoms with E-state index in [-0.39, 0.29) is 12.6 Å². The van der Waals surface area contributed by atoms with Crippen LogP contribution in [0.2, 0.25) is 0 Å². The Morgan fingerprint density at radius 2 is 2.25 bits per heavy atom. The predicted octanol–water partition coefficient (Wildman–Crippen LogP) is 2.40. The number of methoxy groups -OCH3 is 1. The number of carbonyl (C=O) groups excluding carboxylic acids is 1. The number of rotatable bonds is 3. The summed E-state index contributed by atoms with van der Waals surface area (Å²) in [6, 6.07) is 4.93. The van der Waals surface area contributed by atoms with Crippen LogP contribution in [0.25, 0.3) is 0 Å². The van der Waals surface area contributed by atoms with E-state index in [4.69, 9.17) is 9.84 Å². The van der Waals surface area contributed by atoms with Crippen molar-refractivity contribution in [1.82, 2.24) is 4.90 Å². The summed E-state index contributed by atoms with van der Waals surface area (Å²) in [4.78, 5) is 24.4. The fourth-order valence-corrected chi connectivity index (χ4v) is 2.52. The maximum atomic E-state index is 12.1. The van der Waals surface area contributed by atoms with Gasteiger partial charge in [-0.1, -0.05) is 0 Å². The lowest BCUT2D eigenvalue weighted by Gasteiger charge is -2.17. The van der Waals surface area contributed by atoms with Crippen molar-refractivity contribution in [2.24, 2.45) is 5.92 Å². The standard InChI is InChI=1S/C13H15BrN2O4/c1-20-9-2-3-11(10(14)6-9)15-13(19)16-5-4-8(7-16)12(17)18/h2-3,6,8H,4-5,7H2,1H3,(H,15,19)(H,17,18). The molecule has 20 heavy (non-hydrogen) atoms. The van der Waals surface area contributed by atoms with Gasteiger partial charge in [0.15, 0.2) is 0 Å². The molecule has 0 bridgehead atoms. The van der Waals surface area contributed by atoms with Gasteiger partial charge in [0, 0.05) is 17.6 Å². The predicted molar refractivity (Wildman–Crippen MR) is 77.0 cm³/mol. The van der Waals surface area contributed by atoms with Crippen molar-refractivity contribution in [3.63, 3.8) is 0 Å². The van der Waals surface area contributed by atoms with Gasteiger partial charge in [0.1, 0.15) is 5.75 Å². The number of aliphatic carboxylic acids is 1. The van der Waals surface area contributed by atoms with E-state index in [1.165, 1.54) is 4.90 Å². The van der Waals surface area contributed by atoms with Crippen LogP contribution in [0, 0.1) is 5.92 Å². The summed E-state index contributed by atoms with van der Waals surface area (Å²) in [5.74, 6) is -0.645. The molecule has 2 amide bonds. The summed E-state index contributed by atoms with van der Waals surface area (Å²) in [6.07, 6.45) is 0.493. The number of carbonyl (C=O) groups is 2. The second-order valence-corrected chi connectivity index (χ2v) is 5.40. The molecule has 2 rings (SSSR count). The molecule has 0 spiro atoms. The summed E-state index contributed by atoms with van der Waals surface area (Å²) in [5, 5.41) is 11.7. The van der Waals surface area contributed by atoms with Gasteiger partial charge in [-0.3, -0.25) is 4.79 Å². The van der Waals surface area contributed by atoms with E-state index in [1.54, 1.807) is 25.3 Å². The van der Waals surface area contributed by atoms with E-state index in [0.717, 1.165) is 0 Å². The summed E-state index contributed by atoms with van der Waals surface area (Å²) in [7, 11) is 1.57. The highest BCUT2D eigenvalue weighted by molar-refractivity contribution is 9.10. The SMILES string of the molecule is COc1ccc(NC(=O)N2CCC(C(=O)O)C2)c(Br)c1. The summed E-state index contributed by atoms with van der Waals surface area (Å²) >= 11 is 3.35. The van der Waals surface area contributed by atoms with Gasteiger partial charge in [0.2, 0.25) is 0 Å². The number of nitrogens with one attached hydrogen (secondary N) is 1. The van der Waals surface area contributed by atoms with Crippen LogP contribution in [0.1, 0.15) is 6.42 Å². The highest BCUT2D eigenvalue weighted by atomic mass is 79.9. The molecule has 1 saturated heterocycles. The first-order valence-corrected chi connectivity index (χ1v) is 6.93. The summed E-state index contributed by atoms with van der Waals surface area (Å²) in [6.45, 7) is 0.700. The van der Waals surface area contributed by atoms with Gasteiger partial charge in [-0.15, -0.1) is 0 Å². The molecular formula is C13H15BrN2O4. The van der Waals surface area contributed by atoms with Crippen LogP contribution in [0.4, 0.5) is 10.5 Å². The Bertz CT molecular complexity index is 535. The lowest BCUT2D eigenvalue weighted by molar-refractivity contribution is -0.141. The van der Waals surface area contributed by atoms with Crippen LogP contribution in [0.15, 0.2) is 22.7 Å². The average Bonchev–Trinajstić information content (AvgIpc) is 2.91. The molecule has 1 aliphatic heterocycles. The zero-order valence-corrected chi connectivity index (χ0v) is 12.5. The lowest BCUT2D eigenvalue weighted by atomic mass is 10.1. The van der Waals surface area contributed by atoms with Crippen molar-refractivity contribution in [2.45, 2.75) is 6.42 Å². The Labute approximate surface area is 124 Å². The van der Waals surface area contributed by atoms with E-state index in [1.807, 2.05) is 0 Å². The lowest BCUT2D eigenvalue weighted by Crippen LogP contribution is -2.33. The molecule has 1 heterocycles. The number of carboxylic acids is 1. The third kappa shape index (κ3) is 3.22. The molecule has 0 aromatic heterocycles. The number of urea groups is 1. The topological polar surface area (TPSA) is 78.9 Å². The first-order chi connectivity index (χ1) is 9.51. The molecule has 0 aliphatic carbocycles. The Kier molecular flexibility index (Phi) is 4.49. The number of hydrogen-bond donors (Lipinski definition) is 2. The Balaban J connectivity index is 2.00. The molecule has 1 unspecified atom stereocenters. The zero-order valence-electron chi connectivity index (χ0n) is 10.9. The molecule has 108 valence electrons. The number of ether oxygens (including phenoxy) is 1. The van der Waals surface area contributed by atoms with Gasteiger partial charge in [-0.25, -0.2) is 4.79 Å². The summed E-state index contributed by atoms with van der Waals surface area (Å²) < 4.78 is 5.78. The number of anilines is 1. The van der Waals surface area contributed by atoms with E-state index >= 15 is 0 Å². The van der Waals surface area contributed by atoms with Gasteiger partial charge < -0.3 is 20.1 Å². The van der Waals surface area contributed by atoms with Crippen molar-refractivity contribution in [3.05, 3.63) is 22.7 Å². The van der Waals surface area contributed by atoms with Crippen molar-refractivity contribution >= 4 is 33.6 Å². The second kappa shape index (κ2) is 6.13. The van der Waals surface area contributed by atoms with E-state index in [0.29, 0.717) is 28.9 Å². The second-order valence-electron chi connectivity index (χ2n) is 4.55. The van der Waals surface area contributed by atoms with Crippen LogP contribution >= 0.6 is 15.9 Å². The zero-order chi connectivity index (χ0) is 14.7. The van der Waals surface area contributed by atoms with Crippen LogP contribution in [0.5, 0.6) is 5.75 Å². The third-order valence-electron chi connectivity index (χ3n) is 3.24. The van der Waals surface area contributed by atoms with Crippen molar-refractivity contribution < 1.29 is 19.4 Å². The minimum Gasteiger partial charge on any atom is -0.497 e. The Morgan fingerprint density at radius 1 is 1.50 bits per heavy atom. The average molecular weight is 343 g/mol. The van der Waals surface area contributed by atoms with Crippen molar-refractivity contribution in [2.75, 3.05) is 25.5 Å². The maximum absolute atomic E-state index is 12.1. The molecule has 1 aromatic rings. The highest BCUT2D eigenvalue weighted by Gasteiger charge is 2.30. The molecule has 0 radical (unpaired) electrons. The fraction of sp³-hybridized carbons (Fsp3) is 0.385. The van der Waals surface area contributed by atoms with Gasteiger partial charge in [-0.05, 0) is 40.5 Å². The van der Waals surface area contributed by atoms with Gasteiger partial charge >= 0.3 is 12.0 Å². The van der Waals surface area contributed by atoms with Gasteiger partial charge in [0.25, 0.3) is 0 Å². The fourth-order valence-electron chi connectivity index (χ4n) is 2.06. The molecule has 0 saturated carbocycles. The Hall–Kier alpha value is -1.76. The minimum atomic E-state index is -0.856. The number of halogens is 1. The molecule has 1 aliphatic rings. The number of benzene rings is 1. The van der Waals surface area contributed by atoms with Crippen molar-refractivity contribution in [1.29, 1.82) is 0 Å². The molecular weight excluding hydrogens is 328 g/mol.